The van der Waals surface area contributed by atoms with Crippen molar-refractivity contribution in [3.8, 4) is 0 Å². The molecule has 5 atom stereocenters. The van der Waals surface area contributed by atoms with Gasteiger partial charge in [0.25, 0.3) is 0 Å². The number of hydrogen-bond donors (Lipinski definition) is 2. The second kappa shape index (κ2) is 8.09. The van der Waals surface area contributed by atoms with Gasteiger partial charge in [0.1, 0.15) is 10.6 Å². The molecule has 2 saturated carbocycles. The Hall–Kier alpha value is -1.45. The van der Waals surface area contributed by atoms with E-state index in [9.17, 15) is 13.2 Å². The van der Waals surface area contributed by atoms with Gasteiger partial charge in [-0.2, -0.15) is 0 Å². The molecule has 0 unspecified atom stereocenters. The Morgan fingerprint density at radius 1 is 1.28 bits per heavy atom. The standard InChI is InChI=1S/C23H37N3O5S/c1-13(2)20(27)25-21-22(5,6)16-11-17-18(30-10-8-23(17,21)12-16)7-9-24-32(28,29)19-14(3)26-31-15(19)4/h13,16-18,21,24H,7-12H2,1-6H3,(H,25,27)/t16-,17-,18-,21+,23-/m1/s1. The van der Waals surface area contributed by atoms with Gasteiger partial charge in [-0.05, 0) is 62.2 Å². The molecule has 1 spiro atoms. The fraction of sp³-hybridized carbons (Fsp3) is 0.826. The lowest BCUT2D eigenvalue weighted by Crippen LogP contribution is -2.60. The zero-order valence-electron chi connectivity index (χ0n) is 20.0. The van der Waals surface area contributed by atoms with Crippen molar-refractivity contribution >= 4 is 15.9 Å². The quantitative estimate of drug-likeness (QED) is 0.638. The molecule has 1 amide bonds. The molecule has 8 nitrogen and oxygen atoms in total. The maximum Gasteiger partial charge on any atom is 0.245 e. The lowest BCUT2D eigenvalue weighted by molar-refractivity contribution is -0.138. The predicted octanol–water partition coefficient (Wildman–Crippen LogP) is 2.94. The highest BCUT2D eigenvalue weighted by Crippen LogP contribution is 2.68. The van der Waals surface area contributed by atoms with E-state index in [-0.39, 0.29) is 39.7 Å². The van der Waals surface area contributed by atoms with Crippen molar-refractivity contribution < 1.29 is 22.5 Å². The maximum absolute atomic E-state index is 12.8. The molecule has 2 N–H and O–H groups in total. The number of carbonyl (C=O) groups is 1. The third-order valence-corrected chi connectivity index (χ3v) is 10.1. The van der Waals surface area contributed by atoms with Crippen molar-refractivity contribution in [2.75, 3.05) is 13.2 Å². The van der Waals surface area contributed by atoms with Crippen LogP contribution in [0.4, 0.5) is 0 Å². The topological polar surface area (TPSA) is 111 Å². The van der Waals surface area contributed by atoms with Crippen LogP contribution in [0.25, 0.3) is 0 Å². The van der Waals surface area contributed by atoms with Crippen LogP contribution < -0.4 is 10.0 Å². The fourth-order valence-electron chi connectivity index (χ4n) is 6.77. The number of ether oxygens (including phenoxy) is 1. The minimum Gasteiger partial charge on any atom is -0.378 e. The van der Waals surface area contributed by atoms with Crippen molar-refractivity contribution in [3.05, 3.63) is 11.5 Å². The molecular formula is C23H37N3O5S. The van der Waals surface area contributed by atoms with Crippen LogP contribution in [0.15, 0.2) is 9.42 Å². The Morgan fingerprint density at radius 2 is 2.00 bits per heavy atom. The molecule has 32 heavy (non-hydrogen) atoms. The SMILES string of the molecule is Cc1noc(C)c1S(=O)(=O)NCC[C@H]1OCC[C@@]23C[C@@H](C[C@H]12)C(C)(C)[C@@H]3NC(=O)C(C)C. The molecule has 0 aromatic carbocycles. The number of hydrogen-bond acceptors (Lipinski definition) is 6. The predicted molar refractivity (Wildman–Crippen MR) is 119 cm³/mol. The van der Waals surface area contributed by atoms with Gasteiger partial charge < -0.3 is 14.6 Å². The Bertz CT molecular complexity index is 966. The summed E-state index contributed by atoms with van der Waals surface area (Å²) in [5.41, 5.74) is 0.442. The van der Waals surface area contributed by atoms with Gasteiger partial charge >= 0.3 is 0 Å². The smallest absolute Gasteiger partial charge is 0.245 e. The van der Waals surface area contributed by atoms with Crippen LogP contribution in [-0.2, 0) is 19.6 Å². The number of carbonyl (C=O) groups excluding carboxylic acids is 1. The number of rotatable bonds is 7. The van der Waals surface area contributed by atoms with Gasteiger partial charge in [0, 0.05) is 25.1 Å². The Morgan fingerprint density at radius 3 is 2.62 bits per heavy atom. The third-order valence-electron chi connectivity index (χ3n) is 8.39. The van der Waals surface area contributed by atoms with Gasteiger partial charge in [-0.1, -0.05) is 32.9 Å². The molecule has 1 aromatic heterocycles. The third kappa shape index (κ3) is 3.70. The zero-order chi connectivity index (χ0) is 23.5. The molecule has 1 aromatic rings. The number of nitrogens with one attached hydrogen (secondary N) is 2. The first kappa shape index (κ1) is 23.7. The molecule has 9 heteroatoms. The molecule has 2 heterocycles. The van der Waals surface area contributed by atoms with Crippen molar-refractivity contribution in [2.45, 2.75) is 84.3 Å². The molecule has 180 valence electrons. The number of aryl methyl sites for hydroxylation is 2. The Balaban J connectivity index is 1.47. The average Bonchev–Trinajstić information content (AvgIpc) is 3.32. The molecule has 2 bridgehead atoms. The molecule has 1 saturated heterocycles. The first-order valence-electron chi connectivity index (χ1n) is 11.7. The highest BCUT2D eigenvalue weighted by atomic mass is 32.2. The normalized spacial score (nSPS) is 33.5. The van der Waals surface area contributed by atoms with Crippen molar-refractivity contribution in [1.82, 2.24) is 15.2 Å². The molecule has 4 rings (SSSR count). The van der Waals surface area contributed by atoms with Crippen LogP contribution in [0.5, 0.6) is 0 Å². The minimum atomic E-state index is -3.69. The molecule has 0 radical (unpaired) electrons. The van der Waals surface area contributed by atoms with E-state index in [1.54, 1.807) is 13.8 Å². The van der Waals surface area contributed by atoms with Crippen LogP contribution in [0.1, 0.15) is 64.8 Å². The summed E-state index contributed by atoms with van der Waals surface area (Å²) in [5, 5.41) is 7.15. The van der Waals surface area contributed by atoms with E-state index in [4.69, 9.17) is 9.26 Å². The van der Waals surface area contributed by atoms with E-state index in [1.165, 1.54) is 0 Å². The molecule has 1 aliphatic heterocycles. The van der Waals surface area contributed by atoms with Gasteiger partial charge in [0.2, 0.25) is 15.9 Å². The van der Waals surface area contributed by atoms with Gasteiger partial charge in [-0.3, -0.25) is 4.79 Å². The van der Waals surface area contributed by atoms with E-state index < -0.39 is 10.0 Å². The summed E-state index contributed by atoms with van der Waals surface area (Å²) in [6, 6.07) is 0.124. The highest BCUT2D eigenvalue weighted by Gasteiger charge is 2.68. The van der Waals surface area contributed by atoms with Crippen molar-refractivity contribution in [1.29, 1.82) is 0 Å². The van der Waals surface area contributed by atoms with Gasteiger partial charge in [0.15, 0.2) is 5.76 Å². The molecular weight excluding hydrogens is 430 g/mol. The largest absolute Gasteiger partial charge is 0.378 e. The van der Waals surface area contributed by atoms with E-state index in [2.05, 4.69) is 29.0 Å². The van der Waals surface area contributed by atoms with Crippen molar-refractivity contribution in [3.63, 3.8) is 0 Å². The minimum absolute atomic E-state index is 0.0179. The van der Waals surface area contributed by atoms with Crippen LogP contribution in [0.2, 0.25) is 0 Å². The Kier molecular flexibility index (Phi) is 5.99. The summed E-state index contributed by atoms with van der Waals surface area (Å²) >= 11 is 0. The van der Waals surface area contributed by atoms with E-state index in [0.29, 0.717) is 42.9 Å². The number of amides is 1. The van der Waals surface area contributed by atoms with Crippen LogP contribution in [0, 0.1) is 42.4 Å². The monoisotopic (exact) mass is 467 g/mol. The van der Waals surface area contributed by atoms with Crippen LogP contribution in [0.3, 0.4) is 0 Å². The molecule has 3 fully saturated rings. The van der Waals surface area contributed by atoms with Crippen LogP contribution >= 0.6 is 0 Å². The number of nitrogens with zero attached hydrogens (tertiary/aromatic N) is 1. The van der Waals surface area contributed by atoms with Crippen LogP contribution in [-0.4, -0.2) is 44.8 Å². The van der Waals surface area contributed by atoms with Gasteiger partial charge in [0.05, 0.1) is 6.10 Å². The average molecular weight is 468 g/mol. The lowest BCUT2D eigenvalue weighted by atomic mass is 9.59. The van der Waals surface area contributed by atoms with Gasteiger partial charge in [-0.15, -0.1) is 0 Å². The number of sulfonamides is 1. The fourth-order valence-corrected chi connectivity index (χ4v) is 8.14. The molecule has 3 aliphatic rings. The first-order valence-corrected chi connectivity index (χ1v) is 13.2. The number of fused-ring (bicyclic) bond motifs is 1. The summed E-state index contributed by atoms with van der Waals surface area (Å²) in [7, 11) is -3.69. The summed E-state index contributed by atoms with van der Waals surface area (Å²) in [6.07, 6.45) is 3.71. The summed E-state index contributed by atoms with van der Waals surface area (Å²) < 4.78 is 39.4. The van der Waals surface area contributed by atoms with E-state index >= 15 is 0 Å². The highest BCUT2D eigenvalue weighted by molar-refractivity contribution is 7.89. The van der Waals surface area contributed by atoms with E-state index in [1.807, 2.05) is 13.8 Å². The molecule has 2 aliphatic carbocycles. The van der Waals surface area contributed by atoms with Gasteiger partial charge in [-0.25, -0.2) is 13.1 Å². The summed E-state index contributed by atoms with van der Waals surface area (Å²) in [6.45, 7) is 12.6. The first-order chi connectivity index (χ1) is 14.9. The van der Waals surface area contributed by atoms with Crippen molar-refractivity contribution in [2.24, 2.45) is 28.6 Å². The second-order valence-electron chi connectivity index (χ2n) is 10.9. The Labute approximate surface area is 191 Å². The summed E-state index contributed by atoms with van der Waals surface area (Å²) in [4.78, 5) is 12.8. The summed E-state index contributed by atoms with van der Waals surface area (Å²) in [5.74, 6) is 1.22. The second-order valence-corrected chi connectivity index (χ2v) is 12.6. The lowest BCUT2D eigenvalue weighted by Gasteiger charge is -2.53. The zero-order valence-corrected chi connectivity index (χ0v) is 20.8. The maximum atomic E-state index is 12.8. The van der Waals surface area contributed by atoms with E-state index in [0.717, 1.165) is 19.3 Å². The number of aromatic nitrogens is 1.